The number of nitrogens with zero attached hydrogens (tertiary/aromatic N) is 5. The first-order chi connectivity index (χ1) is 13.7. The minimum absolute atomic E-state index is 0.188. The molecule has 4 heterocycles. The zero-order valence-electron chi connectivity index (χ0n) is 15.7. The number of methoxy groups -OCH3 is 1. The van der Waals surface area contributed by atoms with Gasteiger partial charge in [-0.1, -0.05) is 6.42 Å². The fraction of sp³-hybridized carbons (Fsp3) is 0.474. The summed E-state index contributed by atoms with van der Waals surface area (Å²) in [5, 5.41) is 11.3. The van der Waals surface area contributed by atoms with Crippen LogP contribution < -0.4 is 15.4 Å². The molecule has 0 radical (unpaired) electrons. The SMILES string of the molecule is COc1cc2ncc(-c3nc(NC4CCNC4)ncc3F)n2nc1C1CCC1. The second-order valence-corrected chi connectivity index (χ2v) is 7.36. The second kappa shape index (κ2) is 6.97. The summed E-state index contributed by atoms with van der Waals surface area (Å²) >= 11 is 0. The van der Waals surface area contributed by atoms with Crippen LogP contribution in [0.2, 0.25) is 0 Å². The van der Waals surface area contributed by atoms with E-state index in [-0.39, 0.29) is 11.7 Å². The van der Waals surface area contributed by atoms with Crippen LogP contribution >= 0.6 is 0 Å². The number of ether oxygens (including phenoxy) is 1. The molecule has 1 atom stereocenters. The molecule has 0 amide bonds. The maximum Gasteiger partial charge on any atom is 0.223 e. The topological polar surface area (TPSA) is 89.3 Å². The highest BCUT2D eigenvalue weighted by Gasteiger charge is 2.26. The quantitative estimate of drug-likeness (QED) is 0.699. The van der Waals surface area contributed by atoms with Gasteiger partial charge < -0.3 is 15.4 Å². The third-order valence-electron chi connectivity index (χ3n) is 5.58. The van der Waals surface area contributed by atoms with Crippen LogP contribution in [-0.4, -0.2) is 50.8 Å². The molecule has 0 spiro atoms. The molecule has 0 bridgehead atoms. The Morgan fingerprint density at radius 3 is 2.86 bits per heavy atom. The molecule has 5 rings (SSSR count). The molecule has 1 unspecified atom stereocenters. The summed E-state index contributed by atoms with van der Waals surface area (Å²) in [5.74, 6) is 1.01. The van der Waals surface area contributed by atoms with Gasteiger partial charge in [0.25, 0.3) is 0 Å². The van der Waals surface area contributed by atoms with Crippen molar-refractivity contribution in [3.63, 3.8) is 0 Å². The van der Waals surface area contributed by atoms with Gasteiger partial charge >= 0.3 is 0 Å². The maximum atomic E-state index is 14.6. The Morgan fingerprint density at radius 1 is 1.25 bits per heavy atom. The van der Waals surface area contributed by atoms with Gasteiger partial charge in [-0.25, -0.2) is 23.9 Å². The summed E-state index contributed by atoms with van der Waals surface area (Å²) in [7, 11) is 1.64. The number of anilines is 1. The smallest absolute Gasteiger partial charge is 0.223 e. The molecule has 0 aromatic carbocycles. The Morgan fingerprint density at radius 2 is 2.14 bits per heavy atom. The number of hydrogen-bond donors (Lipinski definition) is 2. The Balaban J connectivity index is 1.56. The minimum Gasteiger partial charge on any atom is -0.495 e. The van der Waals surface area contributed by atoms with Crippen LogP contribution in [0.25, 0.3) is 17.0 Å². The largest absolute Gasteiger partial charge is 0.495 e. The molecule has 2 fully saturated rings. The Bertz CT molecular complexity index is 1010. The van der Waals surface area contributed by atoms with Gasteiger partial charge in [-0.15, -0.1) is 0 Å². The fourth-order valence-electron chi connectivity index (χ4n) is 3.78. The van der Waals surface area contributed by atoms with Gasteiger partial charge in [0.2, 0.25) is 5.95 Å². The number of fused-ring (bicyclic) bond motifs is 1. The molecule has 1 saturated heterocycles. The summed E-state index contributed by atoms with van der Waals surface area (Å²) < 4.78 is 21.8. The van der Waals surface area contributed by atoms with E-state index >= 15 is 0 Å². The maximum absolute atomic E-state index is 14.6. The molecule has 9 heteroatoms. The zero-order chi connectivity index (χ0) is 19.1. The summed E-state index contributed by atoms with van der Waals surface area (Å²) in [6.45, 7) is 1.80. The Kier molecular flexibility index (Phi) is 4.31. The highest BCUT2D eigenvalue weighted by atomic mass is 19.1. The van der Waals surface area contributed by atoms with Crippen molar-refractivity contribution >= 4 is 11.6 Å². The summed E-state index contributed by atoms with van der Waals surface area (Å²) in [5.41, 5.74) is 2.19. The molecule has 2 aliphatic rings. The Labute approximate surface area is 161 Å². The van der Waals surface area contributed by atoms with Crippen molar-refractivity contribution in [1.29, 1.82) is 0 Å². The number of rotatable bonds is 5. The highest BCUT2D eigenvalue weighted by molar-refractivity contribution is 5.62. The van der Waals surface area contributed by atoms with E-state index < -0.39 is 5.82 Å². The first-order valence-electron chi connectivity index (χ1n) is 9.66. The molecule has 1 aliphatic heterocycles. The lowest BCUT2D eigenvalue weighted by molar-refractivity contribution is 0.362. The van der Waals surface area contributed by atoms with Gasteiger partial charge in [0.1, 0.15) is 22.8 Å². The normalized spacial score (nSPS) is 19.7. The predicted molar refractivity (Wildman–Crippen MR) is 102 cm³/mol. The van der Waals surface area contributed by atoms with Crippen LogP contribution in [0.3, 0.4) is 0 Å². The van der Waals surface area contributed by atoms with Crippen LogP contribution in [-0.2, 0) is 0 Å². The molecule has 28 heavy (non-hydrogen) atoms. The third-order valence-corrected chi connectivity index (χ3v) is 5.58. The standard InChI is InChI=1S/C19H22FN7O/c1-28-15-7-16-22-10-14(27(16)26-17(15)11-3-2-4-11)18-13(20)9-23-19(25-18)24-12-5-6-21-8-12/h7,9-12,21H,2-6,8H2,1H3,(H,23,24,25). The van der Waals surface area contributed by atoms with Crippen LogP contribution in [0.5, 0.6) is 5.75 Å². The molecule has 1 aliphatic carbocycles. The van der Waals surface area contributed by atoms with Crippen LogP contribution in [0.15, 0.2) is 18.5 Å². The summed E-state index contributed by atoms with van der Waals surface area (Å²) in [6, 6.07) is 2.10. The van der Waals surface area contributed by atoms with E-state index in [4.69, 9.17) is 9.84 Å². The van der Waals surface area contributed by atoms with Crippen LogP contribution in [0, 0.1) is 5.82 Å². The number of imidazole rings is 1. The summed E-state index contributed by atoms with van der Waals surface area (Å²) in [4.78, 5) is 12.9. The van der Waals surface area contributed by atoms with Crippen molar-refractivity contribution in [2.75, 3.05) is 25.5 Å². The van der Waals surface area contributed by atoms with E-state index in [0.29, 0.717) is 23.2 Å². The highest BCUT2D eigenvalue weighted by Crippen LogP contribution is 2.40. The first-order valence-corrected chi connectivity index (χ1v) is 9.66. The number of hydrogen-bond acceptors (Lipinski definition) is 7. The molecular formula is C19H22FN7O. The van der Waals surface area contributed by atoms with Gasteiger partial charge in [-0.05, 0) is 25.8 Å². The van der Waals surface area contributed by atoms with Crippen molar-refractivity contribution in [3.05, 3.63) is 30.0 Å². The monoisotopic (exact) mass is 383 g/mol. The van der Waals surface area contributed by atoms with Crippen LogP contribution in [0.4, 0.5) is 10.3 Å². The van der Waals surface area contributed by atoms with Crippen molar-refractivity contribution in [2.45, 2.75) is 37.6 Å². The van der Waals surface area contributed by atoms with Crippen LogP contribution in [0.1, 0.15) is 37.3 Å². The second-order valence-electron chi connectivity index (χ2n) is 7.36. The van der Waals surface area contributed by atoms with E-state index in [1.54, 1.807) is 17.8 Å². The molecule has 3 aromatic heterocycles. The third kappa shape index (κ3) is 2.95. The molecule has 8 nitrogen and oxygen atoms in total. The fourth-order valence-corrected chi connectivity index (χ4v) is 3.78. The summed E-state index contributed by atoms with van der Waals surface area (Å²) in [6.07, 6.45) is 7.14. The molecule has 1 saturated carbocycles. The van der Waals surface area contributed by atoms with E-state index in [9.17, 15) is 4.39 Å². The number of halogens is 1. The predicted octanol–water partition coefficient (Wildman–Crippen LogP) is 2.38. The van der Waals surface area contributed by atoms with Crippen molar-refractivity contribution in [2.24, 2.45) is 0 Å². The Hall–Kier alpha value is -2.81. The van der Waals surface area contributed by atoms with E-state index in [1.165, 1.54) is 12.6 Å². The van der Waals surface area contributed by atoms with Crippen molar-refractivity contribution in [1.82, 2.24) is 29.9 Å². The van der Waals surface area contributed by atoms with Gasteiger partial charge in [0.15, 0.2) is 11.5 Å². The van der Waals surface area contributed by atoms with Gasteiger partial charge in [0, 0.05) is 24.6 Å². The first kappa shape index (κ1) is 17.3. The number of aromatic nitrogens is 5. The van der Waals surface area contributed by atoms with Gasteiger partial charge in [0.05, 0.1) is 19.5 Å². The number of nitrogens with one attached hydrogen (secondary N) is 2. The minimum atomic E-state index is -0.500. The van der Waals surface area contributed by atoms with Gasteiger partial charge in [-0.2, -0.15) is 5.10 Å². The molecular weight excluding hydrogens is 361 g/mol. The zero-order valence-corrected chi connectivity index (χ0v) is 15.7. The average Bonchev–Trinajstić information content (AvgIpc) is 3.31. The van der Waals surface area contributed by atoms with Crippen molar-refractivity contribution < 1.29 is 9.13 Å². The molecule has 146 valence electrons. The lowest BCUT2D eigenvalue weighted by atomic mass is 9.82. The van der Waals surface area contributed by atoms with Crippen molar-refractivity contribution in [3.8, 4) is 17.1 Å². The average molecular weight is 383 g/mol. The van der Waals surface area contributed by atoms with E-state index in [0.717, 1.165) is 43.8 Å². The molecule has 3 aromatic rings. The van der Waals surface area contributed by atoms with E-state index in [2.05, 4.69) is 25.6 Å². The lowest BCUT2D eigenvalue weighted by Gasteiger charge is -2.26. The van der Waals surface area contributed by atoms with E-state index in [1.807, 2.05) is 6.07 Å². The molecule has 2 N–H and O–H groups in total. The van der Waals surface area contributed by atoms with Gasteiger partial charge in [-0.3, -0.25) is 0 Å². The lowest BCUT2D eigenvalue weighted by Crippen LogP contribution is -2.23.